The summed E-state index contributed by atoms with van der Waals surface area (Å²) in [6, 6.07) is 5.00. The molecule has 2 aromatic heterocycles. The lowest BCUT2D eigenvalue weighted by molar-refractivity contribution is -0.149. The van der Waals surface area contributed by atoms with Crippen LogP contribution in [0.2, 0.25) is 5.02 Å². The van der Waals surface area contributed by atoms with Crippen molar-refractivity contribution in [3.63, 3.8) is 0 Å². The molecule has 3 aromatic rings. The number of aromatic nitrogens is 2. The van der Waals surface area contributed by atoms with Crippen LogP contribution in [0.5, 0.6) is 11.5 Å². The van der Waals surface area contributed by atoms with Gasteiger partial charge in [0.1, 0.15) is 38.9 Å². The number of amides is 1. The molecule has 40 heavy (non-hydrogen) atoms. The number of nitrogens with zero attached hydrogens (tertiary/aromatic N) is 2. The third-order valence-corrected chi connectivity index (χ3v) is 8.63. The second kappa shape index (κ2) is 11.3. The van der Waals surface area contributed by atoms with Gasteiger partial charge in [0.2, 0.25) is 5.91 Å². The molecule has 1 saturated carbocycles. The molecule has 1 amide bonds. The number of halogens is 1. The molecular formula is C29H33ClN4O5S. The number of benzene rings is 1. The van der Waals surface area contributed by atoms with Crippen molar-refractivity contribution in [1.29, 1.82) is 0 Å². The van der Waals surface area contributed by atoms with Gasteiger partial charge in [-0.2, -0.15) is 0 Å². The van der Waals surface area contributed by atoms with Crippen LogP contribution >= 0.6 is 22.9 Å². The zero-order valence-electron chi connectivity index (χ0n) is 23.0. The van der Waals surface area contributed by atoms with E-state index in [1.54, 1.807) is 26.2 Å². The fourth-order valence-electron chi connectivity index (χ4n) is 4.98. The number of thiazole rings is 1. The van der Waals surface area contributed by atoms with Gasteiger partial charge in [-0.25, -0.2) is 14.8 Å². The summed E-state index contributed by atoms with van der Waals surface area (Å²) in [6.45, 7) is 10.4. The lowest BCUT2D eigenvalue weighted by Gasteiger charge is -2.20. The summed E-state index contributed by atoms with van der Waals surface area (Å²) in [4.78, 5) is 35.3. The molecule has 3 heterocycles. The van der Waals surface area contributed by atoms with E-state index in [4.69, 9.17) is 35.8 Å². The maximum Gasteiger partial charge on any atom is 0.332 e. The van der Waals surface area contributed by atoms with Crippen molar-refractivity contribution in [2.75, 3.05) is 20.3 Å². The average Bonchev–Trinajstić information content (AvgIpc) is 3.25. The number of esters is 1. The number of carbonyl (C=O) groups is 2. The predicted molar refractivity (Wildman–Crippen MR) is 155 cm³/mol. The summed E-state index contributed by atoms with van der Waals surface area (Å²) in [5, 5.41) is 10.1. The minimum absolute atomic E-state index is 0.144. The number of hydrogen-bond donors (Lipinski definition) is 2. The number of nitrogens with one attached hydrogen (secondary N) is 2. The summed E-state index contributed by atoms with van der Waals surface area (Å²) < 4.78 is 17.1. The molecule has 0 unspecified atom stereocenters. The Balaban J connectivity index is 1.38. The summed E-state index contributed by atoms with van der Waals surface area (Å²) in [7, 11) is 1.56. The normalized spacial score (nSPS) is 23.7. The van der Waals surface area contributed by atoms with Crippen LogP contribution < -0.4 is 20.1 Å². The zero-order valence-corrected chi connectivity index (χ0v) is 24.5. The van der Waals surface area contributed by atoms with Gasteiger partial charge in [-0.1, -0.05) is 31.5 Å². The summed E-state index contributed by atoms with van der Waals surface area (Å²) in [6.07, 6.45) is 2.29. The number of ether oxygens (including phenoxy) is 3. The van der Waals surface area contributed by atoms with E-state index < -0.39 is 17.6 Å². The van der Waals surface area contributed by atoms with Gasteiger partial charge < -0.3 is 24.8 Å². The number of pyridine rings is 1. The Morgan fingerprint density at radius 2 is 2.12 bits per heavy atom. The molecule has 1 aliphatic carbocycles. The molecule has 1 aromatic carbocycles. The second-order valence-electron chi connectivity index (χ2n) is 10.4. The van der Waals surface area contributed by atoms with Crippen molar-refractivity contribution in [1.82, 2.24) is 20.6 Å². The average molecular weight is 585 g/mol. The van der Waals surface area contributed by atoms with E-state index in [2.05, 4.69) is 31.1 Å². The van der Waals surface area contributed by atoms with Crippen molar-refractivity contribution in [3.8, 4) is 22.2 Å². The van der Waals surface area contributed by atoms with Gasteiger partial charge in [0, 0.05) is 35.7 Å². The molecule has 11 heteroatoms. The van der Waals surface area contributed by atoms with Gasteiger partial charge in [-0.15, -0.1) is 17.9 Å². The Bertz CT molecular complexity index is 1460. The Kier molecular flexibility index (Phi) is 8.03. The minimum Gasteiger partial charge on any atom is -0.495 e. The molecule has 5 rings (SSSR count). The van der Waals surface area contributed by atoms with Crippen molar-refractivity contribution < 1.29 is 23.8 Å². The number of rotatable bonds is 10. The van der Waals surface area contributed by atoms with Crippen LogP contribution in [0.25, 0.3) is 21.6 Å². The number of methoxy groups -OCH3 is 1. The standard InChI is InChI=1S/C29H33ClN4O5S/c1-6-16-12-29(16,28(36)38-7-2)34-26(35)19-10-17(13-31-19)39-23-11-20(27-33-21(14-40-27)15(3)4)32-25-18(23)8-9-22(37-5)24(25)30/h6,8-9,11,14-17,19,31H,1,7,10,12-13H2,2-5H3,(H,34,35)/t16-,17-,19+,29-/m1/s1. The van der Waals surface area contributed by atoms with E-state index in [1.807, 2.05) is 17.5 Å². The van der Waals surface area contributed by atoms with Crippen LogP contribution in [0.4, 0.5) is 0 Å². The highest BCUT2D eigenvalue weighted by Crippen LogP contribution is 2.45. The fraction of sp³-hybridized carbons (Fsp3) is 0.448. The first-order valence-electron chi connectivity index (χ1n) is 13.4. The molecule has 2 fully saturated rings. The summed E-state index contributed by atoms with van der Waals surface area (Å²) in [5.74, 6) is 0.563. The van der Waals surface area contributed by atoms with Gasteiger partial charge >= 0.3 is 5.97 Å². The second-order valence-corrected chi connectivity index (χ2v) is 11.6. The largest absolute Gasteiger partial charge is 0.495 e. The number of fused-ring (bicyclic) bond motifs is 1. The molecule has 0 spiro atoms. The predicted octanol–water partition coefficient (Wildman–Crippen LogP) is 4.88. The summed E-state index contributed by atoms with van der Waals surface area (Å²) in [5.41, 5.74) is 1.15. The molecular weight excluding hydrogens is 552 g/mol. The molecule has 9 nitrogen and oxygen atoms in total. The van der Waals surface area contributed by atoms with Crippen molar-refractivity contribution in [3.05, 3.63) is 47.0 Å². The van der Waals surface area contributed by atoms with E-state index in [0.29, 0.717) is 47.1 Å². The topological polar surface area (TPSA) is 112 Å². The molecule has 0 radical (unpaired) electrons. The van der Waals surface area contributed by atoms with Crippen LogP contribution in [0, 0.1) is 5.92 Å². The zero-order chi connectivity index (χ0) is 28.6. The van der Waals surface area contributed by atoms with Gasteiger partial charge in [-0.05, 0) is 31.4 Å². The van der Waals surface area contributed by atoms with Crippen molar-refractivity contribution in [2.24, 2.45) is 5.92 Å². The van der Waals surface area contributed by atoms with Crippen molar-refractivity contribution >= 4 is 45.7 Å². The van der Waals surface area contributed by atoms with Gasteiger partial charge in [0.15, 0.2) is 0 Å². The van der Waals surface area contributed by atoms with Crippen molar-refractivity contribution in [2.45, 2.75) is 57.2 Å². The van der Waals surface area contributed by atoms with Gasteiger partial charge in [0.05, 0.1) is 31.0 Å². The van der Waals surface area contributed by atoms with E-state index >= 15 is 0 Å². The third-order valence-electron chi connectivity index (χ3n) is 7.38. The van der Waals surface area contributed by atoms with E-state index in [0.717, 1.165) is 16.1 Å². The number of carbonyl (C=O) groups excluding carboxylic acids is 2. The molecule has 2 N–H and O–H groups in total. The van der Waals surface area contributed by atoms with E-state index in [9.17, 15) is 9.59 Å². The number of hydrogen-bond acceptors (Lipinski definition) is 9. The van der Waals surface area contributed by atoms with Crippen LogP contribution in [0.15, 0.2) is 36.2 Å². The van der Waals surface area contributed by atoms with Crippen LogP contribution in [-0.2, 0) is 14.3 Å². The maximum absolute atomic E-state index is 13.2. The first-order valence-corrected chi connectivity index (χ1v) is 14.6. The first kappa shape index (κ1) is 28.3. The molecule has 212 valence electrons. The van der Waals surface area contributed by atoms with Crippen LogP contribution in [0.1, 0.15) is 45.2 Å². The quantitative estimate of drug-likeness (QED) is 0.256. The first-order chi connectivity index (χ1) is 19.2. The maximum atomic E-state index is 13.2. The van der Waals surface area contributed by atoms with Crippen LogP contribution in [0.3, 0.4) is 0 Å². The highest BCUT2D eigenvalue weighted by Gasteiger charge is 2.61. The Labute approximate surface area is 242 Å². The summed E-state index contributed by atoms with van der Waals surface area (Å²) >= 11 is 8.20. The van der Waals surface area contributed by atoms with E-state index in [1.165, 1.54) is 11.3 Å². The molecule has 1 aliphatic heterocycles. The van der Waals surface area contributed by atoms with Crippen LogP contribution in [-0.4, -0.2) is 59.8 Å². The van der Waals surface area contributed by atoms with Gasteiger partial charge in [0.25, 0.3) is 0 Å². The molecule has 1 saturated heterocycles. The minimum atomic E-state index is -1.04. The Morgan fingerprint density at radius 1 is 1.32 bits per heavy atom. The SMILES string of the molecule is C=C[C@@H]1C[C@]1(NC(=O)[C@@H]1C[C@@H](Oc2cc(-c3nc(C(C)C)cs3)nc3c(Cl)c(OC)ccc23)CN1)C(=O)OCC. The highest BCUT2D eigenvalue weighted by atomic mass is 35.5. The molecule has 0 bridgehead atoms. The smallest absolute Gasteiger partial charge is 0.332 e. The molecule has 4 atom stereocenters. The lowest BCUT2D eigenvalue weighted by Crippen LogP contribution is -2.51. The monoisotopic (exact) mass is 584 g/mol. The van der Waals surface area contributed by atoms with E-state index in [-0.39, 0.29) is 30.5 Å². The Hall–Kier alpha value is -3.21. The highest BCUT2D eigenvalue weighted by molar-refractivity contribution is 7.13. The van der Waals surface area contributed by atoms with Gasteiger partial charge in [-0.3, -0.25) is 4.79 Å². The Morgan fingerprint density at radius 3 is 2.77 bits per heavy atom. The third kappa shape index (κ3) is 5.27. The molecule has 2 aliphatic rings. The lowest BCUT2D eigenvalue weighted by atomic mass is 10.1. The fourth-order valence-corrected chi connectivity index (χ4v) is 6.21.